The Kier molecular flexibility index (Phi) is 4.37. The van der Waals surface area contributed by atoms with E-state index in [-0.39, 0.29) is 12.4 Å². The van der Waals surface area contributed by atoms with Gasteiger partial charge in [-0.3, -0.25) is 5.09 Å². The quantitative estimate of drug-likeness (QED) is 0.485. The van der Waals surface area contributed by atoms with E-state index in [1.54, 1.807) is 15.6 Å². The van der Waals surface area contributed by atoms with Crippen LogP contribution in [0, 0.1) is 0 Å². The van der Waals surface area contributed by atoms with Crippen molar-refractivity contribution in [2.75, 3.05) is 5.09 Å². The third-order valence-corrected chi connectivity index (χ3v) is 1.21. The Balaban J connectivity index is 0.000000640. The minimum atomic E-state index is 0. The summed E-state index contributed by atoms with van der Waals surface area (Å²) < 4.78 is 0. The summed E-state index contributed by atoms with van der Waals surface area (Å²) >= 11 is 0. The first-order valence-electron chi connectivity index (χ1n) is 2.37. The van der Waals surface area contributed by atoms with Crippen LogP contribution < -0.4 is 17.5 Å². The molecule has 1 aromatic rings. The molecule has 1 N–H and O–H groups in total. The molecule has 0 bridgehead atoms. The van der Waals surface area contributed by atoms with Crippen LogP contribution in [0.1, 0.15) is 0 Å². The Morgan fingerprint density at radius 1 is 1.44 bits per heavy atom. The van der Waals surface area contributed by atoms with E-state index in [1.165, 1.54) is 0 Å². The summed E-state index contributed by atoms with van der Waals surface area (Å²) in [5, 5.41) is 2.94. The minimum absolute atomic E-state index is 0. The number of halogens is 1. The van der Waals surface area contributed by atoms with E-state index in [9.17, 15) is 0 Å². The maximum atomic E-state index is 3.99. The van der Waals surface area contributed by atoms with Gasteiger partial charge in [0.05, 0.1) is 9.39 Å². The van der Waals surface area contributed by atoms with Crippen molar-refractivity contribution in [3.63, 3.8) is 0 Å². The summed E-state index contributed by atoms with van der Waals surface area (Å²) in [6.07, 6.45) is 1.76. The standard InChI is InChI=1S/C5H7N2P.ClH/c8-7-5-3-1-2-4-6-5;/h1-4H,8H2,(H,6,7);1H. The Morgan fingerprint density at radius 3 is 2.56 bits per heavy atom. The molecule has 0 aliphatic carbocycles. The van der Waals surface area contributed by atoms with Crippen LogP contribution in [0.5, 0.6) is 0 Å². The molecule has 0 aromatic carbocycles. The van der Waals surface area contributed by atoms with Crippen molar-refractivity contribution < 1.29 is 12.4 Å². The van der Waals surface area contributed by atoms with Crippen molar-refractivity contribution in [2.24, 2.45) is 0 Å². The number of hydrogen-bond donors (Lipinski definition) is 1. The van der Waals surface area contributed by atoms with Gasteiger partial charge in [0.2, 0.25) is 0 Å². The molecule has 1 rings (SSSR count). The van der Waals surface area contributed by atoms with Gasteiger partial charge in [0.1, 0.15) is 0 Å². The van der Waals surface area contributed by atoms with Crippen LogP contribution in [0.25, 0.3) is 0 Å². The van der Waals surface area contributed by atoms with Gasteiger partial charge in [-0.05, 0) is 12.1 Å². The summed E-state index contributed by atoms with van der Waals surface area (Å²) in [5.41, 5.74) is 0. The van der Waals surface area contributed by atoms with Gasteiger partial charge in [-0.25, -0.2) is 4.98 Å². The van der Waals surface area contributed by atoms with E-state index in [0.29, 0.717) is 0 Å². The molecule has 0 aliphatic heterocycles. The average Bonchev–Trinajstić information content (AvgIpc) is 1.90. The molecule has 50 valence electrons. The number of pyridine rings is 1. The van der Waals surface area contributed by atoms with Crippen LogP contribution in [0.3, 0.4) is 0 Å². The number of aromatic nitrogens is 1. The lowest BCUT2D eigenvalue weighted by atomic mass is 10.5. The topological polar surface area (TPSA) is 24.9 Å². The van der Waals surface area contributed by atoms with Crippen LogP contribution in [0.4, 0.5) is 5.82 Å². The molecule has 0 spiro atoms. The molecule has 1 unspecified atom stereocenters. The van der Waals surface area contributed by atoms with Crippen LogP contribution in [-0.4, -0.2) is 4.98 Å². The zero-order valence-electron chi connectivity index (χ0n) is 4.84. The van der Waals surface area contributed by atoms with E-state index in [4.69, 9.17) is 0 Å². The maximum absolute atomic E-state index is 3.99. The SMILES string of the molecule is [Cl-].[PH3+]Nc1ccccn1. The number of rotatable bonds is 1. The highest BCUT2D eigenvalue weighted by Gasteiger charge is 1.82. The lowest BCUT2D eigenvalue weighted by molar-refractivity contribution is -0.00000161. The van der Waals surface area contributed by atoms with Gasteiger partial charge in [-0.1, -0.05) is 6.07 Å². The fraction of sp³-hybridized carbons (Fsp3) is 0. The molecule has 9 heavy (non-hydrogen) atoms. The molecule has 0 saturated heterocycles. The Bertz CT molecular complexity index is 156. The first kappa shape index (κ1) is 8.67. The molecule has 0 radical (unpaired) electrons. The van der Waals surface area contributed by atoms with Crippen molar-refractivity contribution >= 4 is 15.2 Å². The van der Waals surface area contributed by atoms with Gasteiger partial charge in [-0.2, -0.15) is 0 Å². The lowest BCUT2D eigenvalue weighted by Gasteiger charge is -1.88. The molecular weight excluding hydrogens is 154 g/mol. The van der Waals surface area contributed by atoms with Crippen molar-refractivity contribution in [3.8, 4) is 0 Å². The molecular formula is C5H8ClN2P. The highest BCUT2D eigenvalue weighted by atomic mass is 35.5. The molecule has 0 fully saturated rings. The van der Waals surface area contributed by atoms with Crippen LogP contribution >= 0.6 is 9.39 Å². The van der Waals surface area contributed by atoms with Gasteiger partial charge in [0.15, 0.2) is 5.82 Å². The molecule has 1 aromatic heterocycles. The molecule has 0 saturated carbocycles. The highest BCUT2D eigenvalue weighted by molar-refractivity contribution is 7.18. The second-order valence-electron chi connectivity index (χ2n) is 1.39. The Hall–Kier alpha value is -0.330. The van der Waals surface area contributed by atoms with Crippen LogP contribution in [0.15, 0.2) is 24.4 Å². The van der Waals surface area contributed by atoms with Crippen LogP contribution in [0.2, 0.25) is 0 Å². The largest absolute Gasteiger partial charge is 1.00 e. The first-order chi connectivity index (χ1) is 3.93. The summed E-state index contributed by atoms with van der Waals surface area (Å²) in [6.45, 7) is 0. The second kappa shape index (κ2) is 4.54. The smallest absolute Gasteiger partial charge is 0.157 e. The maximum Gasteiger partial charge on any atom is 0.157 e. The number of nitrogens with zero attached hydrogens (tertiary/aromatic N) is 1. The molecule has 0 aliphatic rings. The summed E-state index contributed by atoms with van der Waals surface area (Å²) in [5.74, 6) is 0.922. The Morgan fingerprint density at radius 2 is 2.22 bits per heavy atom. The van der Waals surface area contributed by atoms with Crippen LogP contribution in [-0.2, 0) is 0 Å². The van der Waals surface area contributed by atoms with E-state index < -0.39 is 0 Å². The molecule has 0 amide bonds. The van der Waals surface area contributed by atoms with Crippen molar-refractivity contribution in [1.82, 2.24) is 4.98 Å². The van der Waals surface area contributed by atoms with E-state index in [1.807, 2.05) is 18.2 Å². The molecule has 4 heteroatoms. The molecule has 2 nitrogen and oxygen atoms in total. The monoisotopic (exact) mass is 162 g/mol. The minimum Gasteiger partial charge on any atom is -1.00 e. The van der Waals surface area contributed by atoms with Gasteiger partial charge in [0, 0.05) is 6.20 Å². The predicted octanol–water partition coefficient (Wildman–Crippen LogP) is -1.98. The summed E-state index contributed by atoms with van der Waals surface area (Å²) in [4.78, 5) is 3.99. The fourth-order valence-electron chi connectivity index (χ4n) is 0.467. The molecule has 1 atom stereocenters. The van der Waals surface area contributed by atoms with Gasteiger partial charge in [0.25, 0.3) is 0 Å². The predicted molar refractivity (Wildman–Crippen MR) is 39.0 cm³/mol. The normalized spacial score (nSPS) is 8.00. The lowest BCUT2D eigenvalue weighted by Crippen LogP contribution is -3.00. The number of hydrogen-bond acceptors (Lipinski definition) is 2. The third kappa shape index (κ3) is 2.64. The van der Waals surface area contributed by atoms with Crippen molar-refractivity contribution in [3.05, 3.63) is 24.4 Å². The van der Waals surface area contributed by atoms with Crippen molar-refractivity contribution in [1.29, 1.82) is 0 Å². The zero-order valence-corrected chi connectivity index (χ0v) is 7.01. The van der Waals surface area contributed by atoms with E-state index >= 15 is 0 Å². The van der Waals surface area contributed by atoms with Crippen molar-refractivity contribution in [2.45, 2.75) is 0 Å². The van der Waals surface area contributed by atoms with Gasteiger partial charge < -0.3 is 12.4 Å². The van der Waals surface area contributed by atoms with Gasteiger partial charge in [-0.15, -0.1) is 0 Å². The highest BCUT2D eigenvalue weighted by Crippen LogP contribution is 2.00. The fourth-order valence-corrected chi connectivity index (χ4v) is 0.676. The molecule has 1 heterocycles. The van der Waals surface area contributed by atoms with Gasteiger partial charge >= 0.3 is 0 Å². The number of nitrogens with one attached hydrogen (secondary N) is 1. The average molecular weight is 163 g/mol. The Labute approximate surface area is 62.7 Å². The number of anilines is 1. The summed E-state index contributed by atoms with van der Waals surface area (Å²) in [7, 11) is 1.67. The van der Waals surface area contributed by atoms with E-state index in [0.717, 1.165) is 5.82 Å². The second-order valence-corrected chi connectivity index (χ2v) is 1.75. The van der Waals surface area contributed by atoms with E-state index in [2.05, 4.69) is 10.1 Å². The first-order valence-corrected chi connectivity index (χ1v) is 3.08. The zero-order chi connectivity index (χ0) is 5.82. The summed E-state index contributed by atoms with van der Waals surface area (Å²) in [6, 6.07) is 5.76. The third-order valence-electron chi connectivity index (χ3n) is 0.846.